The SMILES string of the molecule is Cl.O=C(CN1CCNCC1c1cccc(F)c1)Nc1ccc(Cl)c([N+](=O)[O-])c1. The summed E-state index contributed by atoms with van der Waals surface area (Å²) in [6, 6.07) is 10.3. The van der Waals surface area contributed by atoms with Gasteiger partial charge >= 0.3 is 0 Å². The van der Waals surface area contributed by atoms with E-state index in [9.17, 15) is 19.3 Å². The molecule has 1 aliphatic heterocycles. The number of nitro groups is 1. The second kappa shape index (κ2) is 9.79. The molecule has 0 aliphatic carbocycles. The first-order chi connectivity index (χ1) is 12.9. The number of rotatable bonds is 5. The number of hydrogen-bond acceptors (Lipinski definition) is 5. The van der Waals surface area contributed by atoms with E-state index in [1.165, 1.54) is 30.3 Å². The number of anilines is 1. The van der Waals surface area contributed by atoms with Gasteiger partial charge < -0.3 is 10.6 Å². The first kappa shape index (κ1) is 22.0. The molecule has 0 saturated carbocycles. The third-order valence-corrected chi connectivity index (χ3v) is 4.68. The van der Waals surface area contributed by atoms with Crippen LogP contribution in [0.3, 0.4) is 0 Å². The molecule has 2 aromatic carbocycles. The molecule has 28 heavy (non-hydrogen) atoms. The normalized spacial score (nSPS) is 16.9. The molecule has 1 aliphatic rings. The van der Waals surface area contributed by atoms with Crippen LogP contribution in [0.25, 0.3) is 0 Å². The fourth-order valence-corrected chi connectivity index (χ4v) is 3.28. The quantitative estimate of drug-likeness (QED) is 0.562. The molecule has 0 radical (unpaired) electrons. The fraction of sp³-hybridized carbons (Fsp3) is 0.278. The zero-order chi connectivity index (χ0) is 19.4. The Kier molecular flexibility index (Phi) is 7.70. The number of amides is 1. The maximum Gasteiger partial charge on any atom is 0.289 e. The minimum absolute atomic E-state index is 0. The second-order valence-electron chi connectivity index (χ2n) is 6.22. The Morgan fingerprint density at radius 2 is 2.14 bits per heavy atom. The van der Waals surface area contributed by atoms with Crippen LogP contribution in [0.1, 0.15) is 11.6 Å². The summed E-state index contributed by atoms with van der Waals surface area (Å²) in [5.74, 6) is -0.633. The molecule has 1 atom stereocenters. The van der Waals surface area contributed by atoms with Gasteiger partial charge in [0, 0.05) is 37.4 Å². The average Bonchev–Trinajstić information content (AvgIpc) is 2.63. The Labute approximate surface area is 172 Å². The summed E-state index contributed by atoms with van der Waals surface area (Å²) >= 11 is 5.78. The van der Waals surface area contributed by atoms with Crippen molar-refractivity contribution in [3.8, 4) is 0 Å². The first-order valence-electron chi connectivity index (χ1n) is 8.38. The van der Waals surface area contributed by atoms with E-state index in [2.05, 4.69) is 10.6 Å². The van der Waals surface area contributed by atoms with Gasteiger partial charge in [-0.2, -0.15) is 0 Å². The lowest BCUT2D eigenvalue weighted by molar-refractivity contribution is -0.384. The Morgan fingerprint density at radius 1 is 1.36 bits per heavy atom. The van der Waals surface area contributed by atoms with Crippen LogP contribution in [0.5, 0.6) is 0 Å². The van der Waals surface area contributed by atoms with Crippen molar-refractivity contribution in [3.63, 3.8) is 0 Å². The van der Waals surface area contributed by atoms with E-state index in [4.69, 9.17) is 11.6 Å². The van der Waals surface area contributed by atoms with Crippen molar-refractivity contribution in [1.29, 1.82) is 0 Å². The number of halogens is 3. The van der Waals surface area contributed by atoms with E-state index in [0.29, 0.717) is 25.3 Å². The van der Waals surface area contributed by atoms with Gasteiger partial charge in [-0.25, -0.2) is 4.39 Å². The molecule has 1 unspecified atom stereocenters. The van der Waals surface area contributed by atoms with Crippen LogP contribution in [0.15, 0.2) is 42.5 Å². The molecule has 10 heteroatoms. The monoisotopic (exact) mass is 428 g/mol. The number of hydrogen-bond donors (Lipinski definition) is 2. The van der Waals surface area contributed by atoms with Gasteiger partial charge in [0.15, 0.2) is 0 Å². The minimum atomic E-state index is -0.603. The van der Waals surface area contributed by atoms with Crippen LogP contribution in [-0.2, 0) is 4.79 Å². The Morgan fingerprint density at radius 3 is 2.86 bits per heavy atom. The molecule has 0 spiro atoms. The van der Waals surface area contributed by atoms with E-state index >= 15 is 0 Å². The van der Waals surface area contributed by atoms with Crippen molar-refractivity contribution in [3.05, 3.63) is 69.0 Å². The second-order valence-corrected chi connectivity index (χ2v) is 6.62. The Balaban J connectivity index is 0.00000280. The standard InChI is InChI=1S/C18H18ClFN4O3.ClH/c19-15-5-4-14(9-16(15)24(26)27)22-18(25)11-23-7-6-21-10-17(23)12-2-1-3-13(20)8-12;/h1-5,8-9,17,21H,6-7,10-11H2,(H,22,25);1H. The topological polar surface area (TPSA) is 87.5 Å². The number of nitro benzene ring substituents is 1. The smallest absolute Gasteiger partial charge is 0.289 e. The van der Waals surface area contributed by atoms with Crippen molar-refractivity contribution < 1.29 is 14.1 Å². The minimum Gasteiger partial charge on any atom is -0.325 e. The van der Waals surface area contributed by atoms with Crippen LogP contribution >= 0.6 is 24.0 Å². The van der Waals surface area contributed by atoms with Crippen LogP contribution in [-0.4, -0.2) is 41.9 Å². The number of nitrogens with one attached hydrogen (secondary N) is 2. The molecule has 3 rings (SSSR count). The highest BCUT2D eigenvalue weighted by molar-refractivity contribution is 6.32. The molecule has 2 N–H and O–H groups in total. The molecule has 1 heterocycles. The van der Waals surface area contributed by atoms with Crippen LogP contribution < -0.4 is 10.6 Å². The third kappa shape index (κ3) is 5.39. The van der Waals surface area contributed by atoms with Gasteiger partial charge in [-0.15, -0.1) is 12.4 Å². The highest BCUT2D eigenvalue weighted by Gasteiger charge is 2.26. The lowest BCUT2D eigenvalue weighted by atomic mass is 10.0. The van der Waals surface area contributed by atoms with E-state index in [-0.39, 0.29) is 47.4 Å². The molecule has 2 aromatic rings. The summed E-state index contributed by atoms with van der Waals surface area (Å²) in [5.41, 5.74) is 0.819. The number of nitrogens with zero attached hydrogens (tertiary/aromatic N) is 2. The van der Waals surface area contributed by atoms with Crippen LogP contribution in [0, 0.1) is 15.9 Å². The average molecular weight is 429 g/mol. The lowest BCUT2D eigenvalue weighted by Crippen LogP contribution is -2.48. The maximum absolute atomic E-state index is 13.6. The molecular formula is C18H19Cl2FN4O3. The van der Waals surface area contributed by atoms with Crippen molar-refractivity contribution in [2.45, 2.75) is 6.04 Å². The molecule has 150 valence electrons. The number of carbonyl (C=O) groups excluding carboxylic acids is 1. The zero-order valence-corrected chi connectivity index (χ0v) is 16.3. The van der Waals surface area contributed by atoms with E-state index < -0.39 is 4.92 Å². The fourth-order valence-electron chi connectivity index (χ4n) is 3.09. The molecule has 1 saturated heterocycles. The van der Waals surface area contributed by atoms with Crippen LogP contribution in [0.4, 0.5) is 15.8 Å². The highest BCUT2D eigenvalue weighted by Crippen LogP contribution is 2.27. The Bertz CT molecular complexity index is 868. The van der Waals surface area contributed by atoms with E-state index in [0.717, 1.165) is 5.56 Å². The Hall–Kier alpha value is -2.26. The van der Waals surface area contributed by atoms with Crippen LogP contribution in [0.2, 0.25) is 5.02 Å². The molecule has 0 aromatic heterocycles. The van der Waals surface area contributed by atoms with Gasteiger partial charge in [-0.1, -0.05) is 23.7 Å². The zero-order valence-electron chi connectivity index (χ0n) is 14.7. The maximum atomic E-state index is 13.6. The predicted molar refractivity (Wildman–Crippen MR) is 108 cm³/mol. The van der Waals surface area contributed by atoms with Gasteiger partial charge in [-0.3, -0.25) is 19.8 Å². The summed E-state index contributed by atoms with van der Waals surface area (Å²) in [7, 11) is 0. The predicted octanol–water partition coefficient (Wildman–Crippen LogP) is 3.39. The van der Waals surface area contributed by atoms with E-state index in [1.807, 2.05) is 11.0 Å². The highest BCUT2D eigenvalue weighted by atomic mass is 35.5. The number of benzene rings is 2. The molecule has 1 fully saturated rings. The molecular weight excluding hydrogens is 410 g/mol. The molecule has 7 nitrogen and oxygen atoms in total. The summed E-state index contributed by atoms with van der Waals surface area (Å²) in [4.78, 5) is 24.8. The van der Waals surface area contributed by atoms with Crippen molar-refractivity contribution in [2.75, 3.05) is 31.5 Å². The number of carbonyl (C=O) groups is 1. The van der Waals surface area contributed by atoms with Gasteiger partial charge in [0.05, 0.1) is 11.5 Å². The van der Waals surface area contributed by atoms with Crippen molar-refractivity contribution >= 4 is 41.3 Å². The summed E-state index contributed by atoms with van der Waals surface area (Å²) in [6.45, 7) is 2.02. The van der Waals surface area contributed by atoms with E-state index in [1.54, 1.807) is 6.07 Å². The van der Waals surface area contributed by atoms with Gasteiger partial charge in [-0.05, 0) is 29.8 Å². The van der Waals surface area contributed by atoms with Gasteiger partial charge in [0.25, 0.3) is 5.69 Å². The van der Waals surface area contributed by atoms with Gasteiger partial charge in [0.2, 0.25) is 5.91 Å². The largest absolute Gasteiger partial charge is 0.325 e. The van der Waals surface area contributed by atoms with Crippen molar-refractivity contribution in [2.24, 2.45) is 0 Å². The first-order valence-corrected chi connectivity index (χ1v) is 8.76. The number of piperazine rings is 1. The van der Waals surface area contributed by atoms with Crippen molar-refractivity contribution in [1.82, 2.24) is 10.2 Å². The molecule has 1 amide bonds. The molecule has 0 bridgehead atoms. The third-order valence-electron chi connectivity index (χ3n) is 4.36. The summed E-state index contributed by atoms with van der Waals surface area (Å²) in [6.07, 6.45) is 0. The lowest BCUT2D eigenvalue weighted by Gasteiger charge is -2.36. The summed E-state index contributed by atoms with van der Waals surface area (Å²) < 4.78 is 13.6. The van der Waals surface area contributed by atoms with Gasteiger partial charge in [0.1, 0.15) is 10.8 Å². The summed E-state index contributed by atoms with van der Waals surface area (Å²) in [5, 5.41) is 16.9.